The van der Waals surface area contributed by atoms with Crippen molar-refractivity contribution in [2.75, 3.05) is 6.61 Å². The van der Waals surface area contributed by atoms with Crippen molar-refractivity contribution in [1.29, 1.82) is 0 Å². The highest BCUT2D eigenvalue weighted by molar-refractivity contribution is 6.35. The maximum absolute atomic E-state index is 13.2. The number of ether oxygens (including phenoxy) is 1. The lowest BCUT2D eigenvalue weighted by Gasteiger charge is -2.31. The van der Waals surface area contributed by atoms with E-state index in [9.17, 15) is 9.59 Å². The molecule has 0 heterocycles. The molecule has 0 saturated heterocycles. The Hall–Kier alpha value is -2.24. The smallest absolute Gasteiger partial charge is 0.261 e. The van der Waals surface area contributed by atoms with Crippen LogP contribution in [0.25, 0.3) is 0 Å². The number of aryl methyl sites for hydroxylation is 2. The first-order chi connectivity index (χ1) is 14.6. The topological polar surface area (TPSA) is 58.6 Å². The molecule has 7 heteroatoms. The van der Waals surface area contributed by atoms with Crippen molar-refractivity contribution in [2.45, 2.75) is 59.7 Å². The minimum absolute atomic E-state index is 0.0381. The van der Waals surface area contributed by atoms with Gasteiger partial charge in [0.05, 0.1) is 0 Å². The van der Waals surface area contributed by atoms with Crippen LogP contribution in [0.2, 0.25) is 10.0 Å². The van der Waals surface area contributed by atoms with Crippen molar-refractivity contribution in [3.05, 3.63) is 63.1 Å². The summed E-state index contributed by atoms with van der Waals surface area (Å²) >= 11 is 12.4. The number of amides is 2. The Morgan fingerprint density at radius 3 is 2.42 bits per heavy atom. The van der Waals surface area contributed by atoms with Gasteiger partial charge in [-0.05, 0) is 69.0 Å². The highest BCUT2D eigenvalue weighted by Crippen LogP contribution is 2.24. The molecule has 0 fully saturated rings. The van der Waals surface area contributed by atoms with Gasteiger partial charge in [0.15, 0.2) is 6.61 Å². The molecule has 0 spiro atoms. The van der Waals surface area contributed by atoms with Crippen molar-refractivity contribution < 1.29 is 14.3 Å². The normalized spacial score (nSPS) is 11.9. The molecule has 31 heavy (non-hydrogen) atoms. The standard InChI is InChI=1S/C24H30Cl2N2O3/c1-6-21(24(30)27-15(2)3)28(13-18-9-10-19(25)12-20(18)26)23(29)14-31-22-11-16(4)7-8-17(22)5/h7-12,15,21H,6,13-14H2,1-5H3,(H,27,30)/t21-/m0/s1. The molecular formula is C24H30Cl2N2O3. The second kappa shape index (κ2) is 11.4. The lowest BCUT2D eigenvalue weighted by molar-refractivity contribution is -0.143. The number of nitrogens with one attached hydrogen (secondary N) is 1. The molecule has 0 radical (unpaired) electrons. The van der Waals surface area contributed by atoms with E-state index in [-0.39, 0.29) is 31.0 Å². The van der Waals surface area contributed by atoms with E-state index in [1.165, 1.54) is 4.90 Å². The van der Waals surface area contributed by atoms with Gasteiger partial charge in [0.2, 0.25) is 5.91 Å². The Labute approximate surface area is 194 Å². The monoisotopic (exact) mass is 464 g/mol. The summed E-state index contributed by atoms with van der Waals surface area (Å²) in [4.78, 5) is 27.6. The summed E-state index contributed by atoms with van der Waals surface area (Å²) in [5.41, 5.74) is 2.69. The van der Waals surface area contributed by atoms with Gasteiger partial charge in [-0.3, -0.25) is 9.59 Å². The van der Waals surface area contributed by atoms with Crippen molar-refractivity contribution in [2.24, 2.45) is 0 Å². The van der Waals surface area contributed by atoms with Crippen LogP contribution >= 0.6 is 23.2 Å². The summed E-state index contributed by atoms with van der Waals surface area (Å²) in [6.45, 7) is 9.53. The molecule has 5 nitrogen and oxygen atoms in total. The van der Waals surface area contributed by atoms with Gasteiger partial charge in [-0.2, -0.15) is 0 Å². The molecule has 1 atom stereocenters. The Kier molecular flexibility index (Phi) is 9.20. The fraction of sp³-hybridized carbons (Fsp3) is 0.417. The average Bonchev–Trinajstić information content (AvgIpc) is 2.69. The number of carbonyl (C=O) groups is 2. The molecule has 0 aromatic heterocycles. The van der Waals surface area contributed by atoms with Crippen molar-refractivity contribution in [3.63, 3.8) is 0 Å². The van der Waals surface area contributed by atoms with Gasteiger partial charge in [0.25, 0.3) is 5.91 Å². The summed E-state index contributed by atoms with van der Waals surface area (Å²) < 4.78 is 5.83. The van der Waals surface area contributed by atoms with Crippen LogP contribution in [0.4, 0.5) is 0 Å². The lowest BCUT2D eigenvalue weighted by Crippen LogP contribution is -2.51. The number of benzene rings is 2. The molecule has 0 saturated carbocycles. The summed E-state index contributed by atoms with van der Waals surface area (Å²) in [7, 11) is 0. The third-order valence-corrected chi connectivity index (χ3v) is 5.45. The molecule has 0 unspecified atom stereocenters. The summed E-state index contributed by atoms with van der Waals surface area (Å²) in [6, 6.07) is 10.3. The van der Waals surface area contributed by atoms with Crippen LogP contribution in [-0.4, -0.2) is 35.4 Å². The third kappa shape index (κ3) is 7.15. The fourth-order valence-corrected chi connectivity index (χ4v) is 3.69. The maximum Gasteiger partial charge on any atom is 0.261 e. The predicted octanol–water partition coefficient (Wildman–Crippen LogP) is 5.32. The van der Waals surface area contributed by atoms with Gasteiger partial charge in [0.1, 0.15) is 11.8 Å². The largest absolute Gasteiger partial charge is 0.483 e. The SMILES string of the molecule is CC[C@@H](C(=O)NC(C)C)N(Cc1ccc(Cl)cc1Cl)C(=O)COc1cc(C)ccc1C. The van der Waals surface area contributed by atoms with Crippen LogP contribution < -0.4 is 10.1 Å². The Morgan fingerprint density at radius 2 is 1.81 bits per heavy atom. The van der Waals surface area contributed by atoms with E-state index in [0.717, 1.165) is 11.1 Å². The van der Waals surface area contributed by atoms with Crippen LogP contribution in [-0.2, 0) is 16.1 Å². The number of halogens is 2. The fourth-order valence-electron chi connectivity index (χ4n) is 3.22. The highest BCUT2D eigenvalue weighted by Gasteiger charge is 2.29. The minimum Gasteiger partial charge on any atom is -0.483 e. The van der Waals surface area contributed by atoms with E-state index in [1.807, 2.05) is 52.8 Å². The quantitative estimate of drug-likeness (QED) is 0.545. The van der Waals surface area contributed by atoms with Crippen LogP contribution in [0.3, 0.4) is 0 Å². The van der Waals surface area contributed by atoms with Crippen LogP contribution in [0.15, 0.2) is 36.4 Å². The van der Waals surface area contributed by atoms with Crippen molar-refractivity contribution in [1.82, 2.24) is 10.2 Å². The van der Waals surface area contributed by atoms with Crippen LogP contribution in [0, 0.1) is 13.8 Å². The highest BCUT2D eigenvalue weighted by atomic mass is 35.5. The number of carbonyl (C=O) groups excluding carboxylic acids is 2. The molecule has 0 bridgehead atoms. The molecule has 2 aromatic rings. The van der Waals surface area contributed by atoms with Gasteiger partial charge < -0.3 is 15.0 Å². The van der Waals surface area contributed by atoms with E-state index in [1.54, 1.807) is 18.2 Å². The first-order valence-electron chi connectivity index (χ1n) is 10.4. The third-order valence-electron chi connectivity index (χ3n) is 4.87. The van der Waals surface area contributed by atoms with E-state index in [4.69, 9.17) is 27.9 Å². The molecular weight excluding hydrogens is 435 g/mol. The Bertz CT molecular complexity index is 931. The molecule has 2 amide bonds. The molecule has 0 aliphatic carbocycles. The second-order valence-electron chi connectivity index (χ2n) is 7.90. The zero-order valence-corrected chi connectivity index (χ0v) is 20.2. The number of hydrogen-bond acceptors (Lipinski definition) is 3. The molecule has 0 aliphatic heterocycles. The number of rotatable bonds is 9. The van der Waals surface area contributed by atoms with Crippen molar-refractivity contribution in [3.8, 4) is 5.75 Å². The molecule has 1 N–H and O–H groups in total. The van der Waals surface area contributed by atoms with E-state index < -0.39 is 6.04 Å². The lowest BCUT2D eigenvalue weighted by atomic mass is 10.1. The molecule has 2 aromatic carbocycles. The molecule has 0 aliphatic rings. The first-order valence-corrected chi connectivity index (χ1v) is 11.1. The average molecular weight is 465 g/mol. The summed E-state index contributed by atoms with van der Waals surface area (Å²) in [6.07, 6.45) is 0.457. The predicted molar refractivity (Wildman–Crippen MR) is 126 cm³/mol. The number of nitrogens with zero attached hydrogens (tertiary/aromatic N) is 1. The van der Waals surface area contributed by atoms with Crippen LogP contribution in [0.1, 0.15) is 43.9 Å². The van der Waals surface area contributed by atoms with Gasteiger partial charge in [-0.1, -0.05) is 48.3 Å². The van der Waals surface area contributed by atoms with Crippen LogP contribution in [0.5, 0.6) is 5.75 Å². The Morgan fingerprint density at radius 1 is 1.10 bits per heavy atom. The van der Waals surface area contributed by atoms with Gasteiger partial charge in [-0.15, -0.1) is 0 Å². The minimum atomic E-state index is -0.649. The van der Waals surface area contributed by atoms with E-state index >= 15 is 0 Å². The molecule has 168 valence electrons. The summed E-state index contributed by atoms with van der Waals surface area (Å²) in [5.74, 6) is 0.151. The first kappa shape index (κ1) is 25.0. The second-order valence-corrected chi connectivity index (χ2v) is 8.75. The van der Waals surface area contributed by atoms with Gasteiger partial charge in [-0.25, -0.2) is 0 Å². The van der Waals surface area contributed by atoms with Gasteiger partial charge >= 0.3 is 0 Å². The van der Waals surface area contributed by atoms with E-state index in [0.29, 0.717) is 27.8 Å². The number of hydrogen-bond donors (Lipinski definition) is 1. The zero-order chi connectivity index (χ0) is 23.1. The van der Waals surface area contributed by atoms with E-state index in [2.05, 4.69) is 5.32 Å². The summed E-state index contributed by atoms with van der Waals surface area (Å²) in [5, 5.41) is 3.85. The molecule has 2 rings (SSSR count). The van der Waals surface area contributed by atoms with Crippen molar-refractivity contribution >= 4 is 35.0 Å². The zero-order valence-electron chi connectivity index (χ0n) is 18.7. The Balaban J connectivity index is 2.29. The van der Waals surface area contributed by atoms with Gasteiger partial charge in [0, 0.05) is 22.6 Å². The maximum atomic E-state index is 13.2.